The minimum atomic E-state index is -0.0234. The van der Waals surface area contributed by atoms with Crippen molar-refractivity contribution < 1.29 is 9.53 Å². The lowest BCUT2D eigenvalue weighted by Gasteiger charge is -2.11. The number of aliphatic imine (C=N–C) groups is 1. The van der Waals surface area contributed by atoms with Gasteiger partial charge in [0.1, 0.15) is 10.8 Å². The van der Waals surface area contributed by atoms with E-state index < -0.39 is 0 Å². The number of carbonyl (C=O) groups is 1. The first kappa shape index (κ1) is 15.6. The van der Waals surface area contributed by atoms with Gasteiger partial charge in [0.25, 0.3) is 0 Å². The maximum atomic E-state index is 12.4. The number of fused-ring (bicyclic) bond motifs is 1. The first-order valence-corrected chi connectivity index (χ1v) is 8.25. The Morgan fingerprint density at radius 1 is 1.13 bits per heavy atom. The number of ether oxygens (including phenoxy) is 1. The third-order valence-electron chi connectivity index (χ3n) is 3.51. The van der Waals surface area contributed by atoms with E-state index in [9.17, 15) is 4.79 Å². The van der Waals surface area contributed by atoms with Crippen LogP contribution in [0.2, 0.25) is 0 Å². The summed E-state index contributed by atoms with van der Waals surface area (Å²) in [5, 5.41) is 0.506. The summed E-state index contributed by atoms with van der Waals surface area (Å²) in [6.45, 7) is 2.55. The smallest absolute Gasteiger partial charge is 0.219 e. The van der Waals surface area contributed by atoms with Crippen molar-refractivity contribution >= 4 is 34.0 Å². The minimum absolute atomic E-state index is 0.0234. The van der Waals surface area contributed by atoms with Crippen molar-refractivity contribution in [1.82, 2.24) is 0 Å². The van der Waals surface area contributed by atoms with E-state index in [-0.39, 0.29) is 5.78 Å². The number of benzene rings is 2. The second-order valence-electron chi connectivity index (χ2n) is 5.35. The van der Waals surface area contributed by atoms with E-state index >= 15 is 0 Å². The molecule has 118 valence electrons. The molecule has 0 amide bonds. The molecule has 1 heterocycles. The van der Waals surface area contributed by atoms with Gasteiger partial charge in [0, 0.05) is 30.2 Å². The monoisotopic (exact) mass is 326 g/mol. The predicted octanol–water partition coefficient (Wildman–Crippen LogP) is 4.17. The summed E-state index contributed by atoms with van der Waals surface area (Å²) in [5.41, 5.74) is 2.58. The number of nitrogens with zero attached hydrogens (tertiary/aromatic N) is 2. The lowest BCUT2D eigenvalue weighted by molar-refractivity contribution is 0.106. The van der Waals surface area contributed by atoms with Gasteiger partial charge in [-0.1, -0.05) is 11.8 Å². The van der Waals surface area contributed by atoms with Gasteiger partial charge in [0.2, 0.25) is 5.78 Å². The predicted molar refractivity (Wildman–Crippen MR) is 95.7 cm³/mol. The van der Waals surface area contributed by atoms with Crippen LogP contribution in [-0.2, 0) is 0 Å². The van der Waals surface area contributed by atoms with E-state index in [0.717, 1.165) is 22.0 Å². The van der Waals surface area contributed by atoms with Crippen LogP contribution >= 0.6 is 11.8 Å². The van der Waals surface area contributed by atoms with Crippen LogP contribution in [0.1, 0.15) is 17.3 Å². The van der Waals surface area contributed by atoms with Crippen molar-refractivity contribution in [2.45, 2.75) is 11.8 Å². The molecule has 0 fully saturated rings. The zero-order chi connectivity index (χ0) is 16.4. The Bertz CT molecular complexity index is 767. The molecule has 1 aliphatic rings. The van der Waals surface area contributed by atoms with E-state index in [0.29, 0.717) is 17.2 Å². The van der Waals surface area contributed by atoms with Crippen LogP contribution < -0.4 is 9.64 Å². The SMILES string of the molecule is CCOc1ccc2c(c1)SC(=Nc1ccc(N(C)C)cc1)C2=O. The Morgan fingerprint density at radius 3 is 2.52 bits per heavy atom. The molecule has 0 aromatic heterocycles. The second kappa shape index (κ2) is 6.46. The molecule has 2 aromatic rings. The van der Waals surface area contributed by atoms with Gasteiger partial charge in [-0.2, -0.15) is 0 Å². The van der Waals surface area contributed by atoms with Crippen molar-refractivity contribution in [3.8, 4) is 5.75 Å². The maximum absolute atomic E-state index is 12.4. The normalized spacial score (nSPS) is 14.9. The fourth-order valence-electron chi connectivity index (χ4n) is 2.31. The van der Waals surface area contributed by atoms with Gasteiger partial charge in [-0.05, 0) is 49.4 Å². The third-order valence-corrected chi connectivity index (χ3v) is 4.53. The average Bonchev–Trinajstić information content (AvgIpc) is 2.84. The number of rotatable bonds is 4. The number of ketones is 1. The van der Waals surface area contributed by atoms with Gasteiger partial charge >= 0.3 is 0 Å². The van der Waals surface area contributed by atoms with Crippen LogP contribution in [0.3, 0.4) is 0 Å². The Kier molecular flexibility index (Phi) is 4.39. The summed E-state index contributed by atoms with van der Waals surface area (Å²) >= 11 is 1.40. The largest absolute Gasteiger partial charge is 0.494 e. The maximum Gasteiger partial charge on any atom is 0.219 e. The number of carbonyl (C=O) groups excluding carboxylic acids is 1. The quantitative estimate of drug-likeness (QED) is 0.845. The highest BCUT2D eigenvalue weighted by Gasteiger charge is 2.28. The summed E-state index contributed by atoms with van der Waals surface area (Å²) in [5.74, 6) is 0.757. The molecule has 0 spiro atoms. The summed E-state index contributed by atoms with van der Waals surface area (Å²) < 4.78 is 5.49. The standard InChI is InChI=1S/C18H18N2O2S/c1-4-22-14-9-10-15-16(11-14)23-18(17(15)21)19-12-5-7-13(8-6-12)20(2)3/h5-11H,4H2,1-3H3. The molecule has 3 rings (SSSR count). The average molecular weight is 326 g/mol. The van der Waals surface area contributed by atoms with E-state index in [1.807, 2.05) is 68.4 Å². The van der Waals surface area contributed by atoms with Crippen molar-refractivity contribution in [3.05, 3.63) is 48.0 Å². The number of thioether (sulfide) groups is 1. The summed E-state index contributed by atoms with van der Waals surface area (Å²) in [4.78, 5) is 19.9. The highest BCUT2D eigenvalue weighted by molar-refractivity contribution is 8.16. The third kappa shape index (κ3) is 3.24. The van der Waals surface area contributed by atoms with Gasteiger partial charge in [-0.3, -0.25) is 4.79 Å². The summed E-state index contributed by atoms with van der Waals surface area (Å²) in [6.07, 6.45) is 0. The zero-order valence-corrected chi connectivity index (χ0v) is 14.2. The molecule has 0 N–H and O–H groups in total. The van der Waals surface area contributed by atoms with Gasteiger partial charge in [0.05, 0.1) is 12.3 Å². The molecule has 0 bridgehead atoms. The Balaban J connectivity index is 1.85. The van der Waals surface area contributed by atoms with E-state index in [1.54, 1.807) is 0 Å². The minimum Gasteiger partial charge on any atom is -0.494 e. The molecule has 2 aromatic carbocycles. The topological polar surface area (TPSA) is 41.9 Å². The second-order valence-corrected chi connectivity index (χ2v) is 6.38. The number of Topliss-reactive ketones (excluding diaryl/α,β-unsaturated/α-hetero) is 1. The lowest BCUT2D eigenvalue weighted by atomic mass is 10.1. The van der Waals surface area contributed by atoms with Crippen LogP contribution in [0.4, 0.5) is 11.4 Å². The van der Waals surface area contributed by atoms with Crippen molar-refractivity contribution in [1.29, 1.82) is 0 Å². The van der Waals surface area contributed by atoms with E-state index in [1.165, 1.54) is 11.8 Å². The summed E-state index contributed by atoms with van der Waals surface area (Å²) in [7, 11) is 3.98. The van der Waals surface area contributed by atoms with E-state index in [4.69, 9.17) is 4.74 Å². The fraction of sp³-hybridized carbons (Fsp3) is 0.222. The molecular formula is C18H18N2O2S. The van der Waals surface area contributed by atoms with Crippen LogP contribution in [-0.4, -0.2) is 31.5 Å². The van der Waals surface area contributed by atoms with Gasteiger partial charge in [0.15, 0.2) is 0 Å². The van der Waals surface area contributed by atoms with Gasteiger partial charge in [-0.25, -0.2) is 4.99 Å². The number of hydrogen-bond donors (Lipinski definition) is 0. The van der Waals surface area contributed by atoms with Gasteiger partial charge < -0.3 is 9.64 Å². The number of hydrogen-bond acceptors (Lipinski definition) is 5. The molecule has 0 aliphatic carbocycles. The zero-order valence-electron chi connectivity index (χ0n) is 13.4. The van der Waals surface area contributed by atoms with Gasteiger partial charge in [-0.15, -0.1) is 0 Å². The molecule has 5 heteroatoms. The first-order chi connectivity index (χ1) is 11.1. The highest BCUT2D eigenvalue weighted by Crippen LogP contribution is 2.37. The molecule has 23 heavy (non-hydrogen) atoms. The number of anilines is 1. The van der Waals surface area contributed by atoms with E-state index in [2.05, 4.69) is 4.99 Å². The first-order valence-electron chi connectivity index (χ1n) is 7.44. The molecule has 4 nitrogen and oxygen atoms in total. The molecule has 1 aliphatic heterocycles. The Morgan fingerprint density at radius 2 is 1.87 bits per heavy atom. The van der Waals surface area contributed by atoms with Crippen molar-refractivity contribution in [3.63, 3.8) is 0 Å². The molecule has 0 saturated carbocycles. The molecule has 0 unspecified atom stereocenters. The van der Waals surface area contributed by atoms with Crippen LogP contribution in [0, 0.1) is 0 Å². The Hall–Kier alpha value is -2.27. The van der Waals surface area contributed by atoms with Crippen molar-refractivity contribution in [2.24, 2.45) is 4.99 Å². The van der Waals surface area contributed by atoms with Crippen LogP contribution in [0.25, 0.3) is 0 Å². The molecular weight excluding hydrogens is 308 g/mol. The van der Waals surface area contributed by atoms with Crippen molar-refractivity contribution in [2.75, 3.05) is 25.6 Å². The molecule has 0 saturated heterocycles. The van der Waals surface area contributed by atoms with Crippen LogP contribution in [0.5, 0.6) is 5.75 Å². The molecule has 0 atom stereocenters. The fourth-order valence-corrected chi connectivity index (χ4v) is 3.32. The lowest BCUT2D eigenvalue weighted by Crippen LogP contribution is -2.07. The Labute approximate surface area is 140 Å². The highest BCUT2D eigenvalue weighted by atomic mass is 32.2. The van der Waals surface area contributed by atoms with Crippen LogP contribution in [0.15, 0.2) is 52.4 Å². The summed E-state index contributed by atoms with van der Waals surface area (Å²) in [6, 6.07) is 13.4. The molecule has 0 radical (unpaired) electrons.